The second-order valence-electron chi connectivity index (χ2n) is 7.14. The lowest BCUT2D eigenvalue weighted by atomic mass is 10.1. The predicted molar refractivity (Wildman–Crippen MR) is 96.2 cm³/mol. The predicted octanol–water partition coefficient (Wildman–Crippen LogP) is 2.00. The van der Waals surface area contributed by atoms with E-state index in [1.54, 1.807) is 0 Å². The quantitative estimate of drug-likeness (QED) is 0.661. The fourth-order valence-corrected chi connectivity index (χ4v) is 3.36. The number of aromatic nitrogens is 2. The first-order valence-corrected chi connectivity index (χ1v) is 9.14. The van der Waals surface area contributed by atoms with E-state index in [0.717, 1.165) is 56.7 Å². The van der Waals surface area contributed by atoms with E-state index in [2.05, 4.69) is 34.2 Å². The number of aryl methyl sites for hydroxylation is 2. The molecule has 0 amide bonds. The summed E-state index contributed by atoms with van der Waals surface area (Å²) >= 11 is 0. The highest BCUT2D eigenvalue weighted by Gasteiger charge is 2.26. The third kappa shape index (κ3) is 4.09. The van der Waals surface area contributed by atoms with E-state index in [1.165, 1.54) is 24.1 Å². The number of piperidine rings is 1. The van der Waals surface area contributed by atoms with Gasteiger partial charge in [-0.15, -0.1) is 0 Å². The van der Waals surface area contributed by atoms with Crippen LogP contribution in [0.2, 0.25) is 0 Å². The van der Waals surface area contributed by atoms with Crippen molar-refractivity contribution in [3.05, 3.63) is 17.0 Å². The second kappa shape index (κ2) is 7.55. The van der Waals surface area contributed by atoms with Crippen LogP contribution in [0.5, 0.6) is 0 Å². The van der Waals surface area contributed by atoms with Gasteiger partial charge in [0.15, 0.2) is 5.96 Å². The van der Waals surface area contributed by atoms with E-state index in [9.17, 15) is 0 Å². The summed E-state index contributed by atoms with van der Waals surface area (Å²) in [5.41, 5.74) is 3.56. The molecule has 1 saturated heterocycles. The van der Waals surface area contributed by atoms with Gasteiger partial charge in [0.25, 0.3) is 0 Å². The van der Waals surface area contributed by atoms with E-state index in [1.807, 2.05) is 18.8 Å². The molecule has 1 aliphatic carbocycles. The number of rotatable bonds is 5. The van der Waals surface area contributed by atoms with Gasteiger partial charge >= 0.3 is 0 Å². The Balaban J connectivity index is 1.48. The Bertz CT molecular complexity index is 582. The topological polar surface area (TPSA) is 54.7 Å². The van der Waals surface area contributed by atoms with Gasteiger partial charge in [-0.05, 0) is 45.4 Å². The minimum atomic E-state index is 0.433. The van der Waals surface area contributed by atoms with Crippen molar-refractivity contribution >= 4 is 5.96 Å². The van der Waals surface area contributed by atoms with Crippen LogP contribution in [0.4, 0.5) is 0 Å². The fourth-order valence-electron chi connectivity index (χ4n) is 3.36. The van der Waals surface area contributed by atoms with E-state index < -0.39 is 0 Å². The van der Waals surface area contributed by atoms with Crippen LogP contribution in [0.25, 0.3) is 0 Å². The number of hydrogen-bond donors (Lipinski definition) is 1. The van der Waals surface area contributed by atoms with Gasteiger partial charge in [-0.2, -0.15) is 5.10 Å². The minimum absolute atomic E-state index is 0.433. The van der Waals surface area contributed by atoms with Crippen molar-refractivity contribution in [1.29, 1.82) is 0 Å². The molecule has 6 heteroatoms. The monoisotopic (exact) mass is 333 g/mol. The second-order valence-corrected chi connectivity index (χ2v) is 7.14. The van der Waals surface area contributed by atoms with Gasteiger partial charge in [0.2, 0.25) is 0 Å². The van der Waals surface area contributed by atoms with Gasteiger partial charge in [0, 0.05) is 51.6 Å². The number of aliphatic imine (C=N–C) groups is 1. The van der Waals surface area contributed by atoms with E-state index in [-0.39, 0.29) is 0 Å². The van der Waals surface area contributed by atoms with Gasteiger partial charge in [-0.1, -0.05) is 0 Å². The minimum Gasteiger partial charge on any atom is -0.378 e. The smallest absolute Gasteiger partial charge is 0.193 e. The zero-order valence-corrected chi connectivity index (χ0v) is 15.5. The zero-order valence-electron chi connectivity index (χ0n) is 15.5. The first-order chi connectivity index (χ1) is 11.6. The van der Waals surface area contributed by atoms with Crippen molar-refractivity contribution in [3.63, 3.8) is 0 Å². The van der Waals surface area contributed by atoms with Crippen molar-refractivity contribution in [2.24, 2.45) is 18.0 Å². The first-order valence-electron chi connectivity index (χ1n) is 9.14. The van der Waals surface area contributed by atoms with E-state index >= 15 is 0 Å². The summed E-state index contributed by atoms with van der Waals surface area (Å²) in [5.74, 6) is 1.83. The molecule has 134 valence electrons. The third-order valence-corrected chi connectivity index (χ3v) is 5.30. The first kappa shape index (κ1) is 17.3. The maximum atomic E-state index is 6.03. The lowest BCUT2D eigenvalue weighted by molar-refractivity contribution is 0.0131. The van der Waals surface area contributed by atoms with Crippen molar-refractivity contribution in [3.8, 4) is 0 Å². The molecule has 0 radical (unpaired) electrons. The summed E-state index contributed by atoms with van der Waals surface area (Å²) in [7, 11) is 3.86. The molecule has 1 N–H and O–H groups in total. The van der Waals surface area contributed by atoms with Crippen LogP contribution >= 0.6 is 0 Å². The zero-order chi connectivity index (χ0) is 17.1. The summed E-state index contributed by atoms with van der Waals surface area (Å²) < 4.78 is 7.98. The largest absolute Gasteiger partial charge is 0.378 e. The molecular formula is C18H31N5O. The number of guanidine groups is 1. The standard InChI is InChI=1S/C18H31N5O/c1-13-17(14(2)22(4)21-13)11-20-18(19-3)23-9-7-16(8-10-23)24-12-15-5-6-15/h15-16H,5-12H2,1-4H3,(H,19,20). The number of hydrogen-bond acceptors (Lipinski definition) is 3. The lowest BCUT2D eigenvalue weighted by Gasteiger charge is -2.34. The fraction of sp³-hybridized carbons (Fsp3) is 0.778. The molecule has 0 atom stereocenters. The summed E-state index contributed by atoms with van der Waals surface area (Å²) in [6.45, 7) is 7.95. The molecule has 0 unspecified atom stereocenters. The van der Waals surface area contributed by atoms with E-state index in [0.29, 0.717) is 6.10 Å². The Morgan fingerprint density at radius 2 is 1.96 bits per heavy atom. The molecule has 0 bridgehead atoms. The van der Waals surface area contributed by atoms with Crippen LogP contribution in [-0.4, -0.2) is 53.5 Å². The Labute approximate surface area is 145 Å². The van der Waals surface area contributed by atoms with Gasteiger partial charge in [0.05, 0.1) is 11.8 Å². The molecule has 0 spiro atoms. The van der Waals surface area contributed by atoms with Crippen LogP contribution in [0.15, 0.2) is 4.99 Å². The molecule has 0 aromatic carbocycles. The molecule has 2 aliphatic rings. The molecule has 1 saturated carbocycles. The Kier molecular flexibility index (Phi) is 5.43. The van der Waals surface area contributed by atoms with Crippen molar-refractivity contribution in [1.82, 2.24) is 20.0 Å². The van der Waals surface area contributed by atoms with Gasteiger partial charge in [0.1, 0.15) is 0 Å². The van der Waals surface area contributed by atoms with E-state index in [4.69, 9.17) is 4.74 Å². The summed E-state index contributed by atoms with van der Waals surface area (Å²) in [5, 5.41) is 7.99. The molecule has 1 aromatic heterocycles. The van der Waals surface area contributed by atoms with Crippen molar-refractivity contribution in [2.45, 2.75) is 52.2 Å². The number of nitrogens with one attached hydrogen (secondary N) is 1. The molecule has 1 aromatic rings. The van der Waals surface area contributed by atoms with Crippen LogP contribution in [0, 0.1) is 19.8 Å². The van der Waals surface area contributed by atoms with Gasteiger partial charge in [-0.3, -0.25) is 9.67 Å². The molecule has 6 nitrogen and oxygen atoms in total. The maximum Gasteiger partial charge on any atom is 0.193 e. The molecule has 3 rings (SSSR count). The normalized spacial score (nSPS) is 19.8. The summed E-state index contributed by atoms with van der Waals surface area (Å²) in [4.78, 5) is 6.81. The van der Waals surface area contributed by atoms with Gasteiger partial charge in [-0.25, -0.2) is 0 Å². The molecular weight excluding hydrogens is 302 g/mol. The van der Waals surface area contributed by atoms with Crippen molar-refractivity contribution < 1.29 is 4.74 Å². The number of likely N-dealkylation sites (tertiary alicyclic amines) is 1. The average molecular weight is 333 g/mol. The third-order valence-electron chi connectivity index (χ3n) is 5.30. The van der Waals surface area contributed by atoms with Crippen LogP contribution in [0.3, 0.4) is 0 Å². The number of nitrogens with zero attached hydrogens (tertiary/aromatic N) is 4. The molecule has 1 aliphatic heterocycles. The average Bonchev–Trinajstić information content (AvgIpc) is 3.37. The highest BCUT2D eigenvalue weighted by atomic mass is 16.5. The lowest BCUT2D eigenvalue weighted by Crippen LogP contribution is -2.46. The Hall–Kier alpha value is -1.56. The maximum absolute atomic E-state index is 6.03. The SMILES string of the molecule is CN=C(NCc1c(C)nn(C)c1C)N1CCC(OCC2CC2)CC1. The van der Waals surface area contributed by atoms with Crippen LogP contribution in [0.1, 0.15) is 42.6 Å². The van der Waals surface area contributed by atoms with Gasteiger partial charge < -0.3 is 15.0 Å². The summed E-state index contributed by atoms with van der Waals surface area (Å²) in [6.07, 6.45) is 5.35. The molecule has 24 heavy (non-hydrogen) atoms. The Morgan fingerprint density at radius 3 is 2.50 bits per heavy atom. The highest BCUT2D eigenvalue weighted by Crippen LogP contribution is 2.30. The molecule has 2 fully saturated rings. The Morgan fingerprint density at radius 1 is 1.25 bits per heavy atom. The summed E-state index contributed by atoms with van der Waals surface area (Å²) in [6, 6.07) is 0. The van der Waals surface area contributed by atoms with Crippen LogP contribution in [-0.2, 0) is 18.3 Å². The number of ether oxygens (including phenoxy) is 1. The highest BCUT2D eigenvalue weighted by molar-refractivity contribution is 5.80. The van der Waals surface area contributed by atoms with Crippen LogP contribution < -0.4 is 5.32 Å². The van der Waals surface area contributed by atoms with Crippen molar-refractivity contribution in [2.75, 3.05) is 26.7 Å². The molecule has 2 heterocycles.